The molecule has 0 saturated carbocycles. The third-order valence-electron chi connectivity index (χ3n) is 4.50. The van der Waals surface area contributed by atoms with Gasteiger partial charge in [0.05, 0.1) is 18.5 Å². The van der Waals surface area contributed by atoms with Crippen molar-refractivity contribution in [2.24, 2.45) is 12.1 Å². The summed E-state index contributed by atoms with van der Waals surface area (Å²) in [5, 5.41) is 28.0. The summed E-state index contributed by atoms with van der Waals surface area (Å²) >= 11 is 1.32. The number of nitrogens with one attached hydrogen (secondary N) is 1. The monoisotopic (exact) mass is 469 g/mol. The highest BCUT2D eigenvalue weighted by Gasteiger charge is 2.24. The fraction of sp³-hybridized carbons (Fsp3) is 0.222. The van der Waals surface area contributed by atoms with Crippen molar-refractivity contribution in [2.45, 2.75) is 17.8 Å². The first-order valence-corrected chi connectivity index (χ1v) is 10.5. The van der Waals surface area contributed by atoms with E-state index in [1.165, 1.54) is 16.4 Å². The molecule has 170 valence electrons. The second kappa shape index (κ2) is 9.47. The largest absolute Gasteiger partial charge is 0.496 e. The summed E-state index contributed by atoms with van der Waals surface area (Å²) in [5.41, 5.74) is 10.0. The number of aryl methyl sites for hydroxylation is 1. The number of ether oxygens (including phenoxy) is 1. The van der Waals surface area contributed by atoms with Gasteiger partial charge in [-0.2, -0.15) is 9.78 Å². The van der Waals surface area contributed by atoms with Crippen LogP contribution in [0.2, 0.25) is 0 Å². The Morgan fingerprint density at radius 2 is 2.12 bits per heavy atom. The van der Waals surface area contributed by atoms with Crippen molar-refractivity contribution < 1.29 is 14.2 Å². The Balaban J connectivity index is 1.62. The Labute approximate surface area is 191 Å². The SMILES string of the molecule is COc1ccccc1C(C)=NNC(=O)c1nnn(-c2nonc2N)c1CSc1nncn1C. The van der Waals surface area contributed by atoms with Gasteiger partial charge >= 0.3 is 0 Å². The Hall–Kier alpha value is -4.27. The van der Waals surface area contributed by atoms with Crippen LogP contribution < -0.4 is 15.9 Å². The van der Waals surface area contributed by atoms with E-state index in [0.29, 0.717) is 22.3 Å². The number of benzene rings is 1. The predicted octanol–water partition coefficient (Wildman–Crippen LogP) is 0.816. The van der Waals surface area contributed by atoms with Gasteiger partial charge in [-0.3, -0.25) is 4.79 Å². The summed E-state index contributed by atoms with van der Waals surface area (Å²) in [6.45, 7) is 1.75. The zero-order chi connectivity index (χ0) is 23.4. The number of hydrogen-bond acceptors (Lipinski definition) is 12. The number of hydrogen-bond donors (Lipinski definition) is 2. The van der Waals surface area contributed by atoms with Gasteiger partial charge in [-0.1, -0.05) is 29.1 Å². The number of carbonyl (C=O) groups is 1. The first-order chi connectivity index (χ1) is 16.0. The molecule has 15 heteroatoms. The summed E-state index contributed by atoms with van der Waals surface area (Å²) in [4.78, 5) is 13.0. The second-order valence-corrected chi connectivity index (χ2v) is 7.56. The molecule has 4 aromatic rings. The number of carbonyl (C=O) groups excluding carboxylic acids is 1. The minimum Gasteiger partial charge on any atom is -0.496 e. The number of methoxy groups -OCH3 is 1. The van der Waals surface area contributed by atoms with Gasteiger partial charge in [-0.05, 0) is 29.4 Å². The normalized spacial score (nSPS) is 11.5. The lowest BCUT2D eigenvalue weighted by Gasteiger charge is -2.08. The van der Waals surface area contributed by atoms with Crippen LogP contribution >= 0.6 is 11.8 Å². The molecule has 1 aromatic carbocycles. The molecule has 4 rings (SSSR count). The fourth-order valence-electron chi connectivity index (χ4n) is 2.84. The van der Waals surface area contributed by atoms with Crippen LogP contribution in [0.3, 0.4) is 0 Å². The maximum absolute atomic E-state index is 13.0. The smallest absolute Gasteiger partial charge is 0.293 e. The van der Waals surface area contributed by atoms with E-state index in [2.05, 4.69) is 46.0 Å². The van der Waals surface area contributed by atoms with Gasteiger partial charge in [0.1, 0.15) is 12.1 Å². The second-order valence-electron chi connectivity index (χ2n) is 6.62. The third-order valence-corrected chi connectivity index (χ3v) is 5.55. The van der Waals surface area contributed by atoms with Crippen LogP contribution in [-0.2, 0) is 12.8 Å². The zero-order valence-corrected chi connectivity index (χ0v) is 18.6. The fourth-order valence-corrected chi connectivity index (χ4v) is 3.72. The molecule has 33 heavy (non-hydrogen) atoms. The van der Waals surface area contributed by atoms with Gasteiger partial charge in [0.15, 0.2) is 10.9 Å². The number of hydrazone groups is 1. The molecular weight excluding hydrogens is 450 g/mol. The molecule has 0 aliphatic carbocycles. The Kier molecular flexibility index (Phi) is 6.30. The molecule has 1 amide bonds. The Morgan fingerprint density at radius 1 is 1.30 bits per heavy atom. The van der Waals surface area contributed by atoms with Gasteiger partial charge in [0.2, 0.25) is 11.6 Å². The topological polar surface area (TPSA) is 177 Å². The Morgan fingerprint density at radius 3 is 2.82 bits per heavy atom. The highest BCUT2D eigenvalue weighted by molar-refractivity contribution is 7.98. The number of anilines is 1. The van der Waals surface area contributed by atoms with Crippen molar-refractivity contribution in [3.8, 4) is 11.6 Å². The van der Waals surface area contributed by atoms with E-state index in [9.17, 15) is 4.79 Å². The first-order valence-electron chi connectivity index (χ1n) is 9.47. The molecule has 3 N–H and O–H groups in total. The molecule has 3 aromatic heterocycles. The molecule has 0 atom stereocenters. The zero-order valence-electron chi connectivity index (χ0n) is 17.8. The highest BCUT2D eigenvalue weighted by Crippen LogP contribution is 2.24. The summed E-state index contributed by atoms with van der Waals surface area (Å²) in [5.74, 6) is 0.433. The van der Waals surface area contributed by atoms with Crippen molar-refractivity contribution in [1.29, 1.82) is 0 Å². The van der Waals surface area contributed by atoms with Crippen LogP contribution in [0.5, 0.6) is 5.75 Å². The van der Waals surface area contributed by atoms with Crippen LogP contribution in [0.4, 0.5) is 5.82 Å². The summed E-state index contributed by atoms with van der Waals surface area (Å²) in [6.07, 6.45) is 1.57. The molecule has 3 heterocycles. The van der Waals surface area contributed by atoms with Crippen molar-refractivity contribution in [3.63, 3.8) is 0 Å². The molecule has 0 aliphatic rings. The minimum atomic E-state index is -0.570. The quantitative estimate of drug-likeness (QED) is 0.212. The molecule has 0 saturated heterocycles. The third kappa shape index (κ3) is 4.52. The molecule has 0 spiro atoms. The lowest BCUT2D eigenvalue weighted by atomic mass is 10.1. The maximum Gasteiger partial charge on any atom is 0.293 e. The van der Waals surface area contributed by atoms with Gasteiger partial charge in [0.25, 0.3) is 5.91 Å². The summed E-state index contributed by atoms with van der Waals surface area (Å²) in [7, 11) is 3.37. The van der Waals surface area contributed by atoms with Crippen LogP contribution in [0.1, 0.15) is 28.7 Å². The van der Waals surface area contributed by atoms with E-state index in [0.717, 1.165) is 5.56 Å². The van der Waals surface area contributed by atoms with Crippen molar-refractivity contribution in [3.05, 3.63) is 47.5 Å². The first kappa shape index (κ1) is 21.9. The van der Waals surface area contributed by atoms with Gasteiger partial charge < -0.3 is 15.0 Å². The molecule has 14 nitrogen and oxygen atoms in total. The number of para-hydroxylation sites is 1. The average molecular weight is 469 g/mol. The lowest BCUT2D eigenvalue weighted by molar-refractivity contribution is 0.0949. The number of thioether (sulfide) groups is 1. The van der Waals surface area contributed by atoms with Crippen LogP contribution in [0.25, 0.3) is 5.82 Å². The highest BCUT2D eigenvalue weighted by atomic mass is 32.2. The molecule has 0 fully saturated rings. The molecule has 0 bridgehead atoms. The Bertz CT molecular complexity index is 1310. The number of nitrogens with zero attached hydrogens (tertiary/aromatic N) is 9. The van der Waals surface area contributed by atoms with E-state index in [4.69, 9.17) is 10.5 Å². The standard InChI is InChI=1S/C18H19N11O3S/c1-10(11-6-4-5-7-13(11)31-3)21-23-17(30)14-12(8-33-18-24-20-9-28(18)2)29(27-22-14)16-15(19)25-32-26-16/h4-7,9H,8H2,1-3H3,(H2,19,25)(H,23,30). The summed E-state index contributed by atoms with van der Waals surface area (Å²) < 4.78 is 13.0. The average Bonchev–Trinajstić information content (AvgIpc) is 3.55. The van der Waals surface area contributed by atoms with E-state index in [1.807, 2.05) is 18.2 Å². The van der Waals surface area contributed by atoms with Crippen LogP contribution in [0, 0.1) is 0 Å². The number of nitrogens with two attached hydrogens (primary N) is 1. The van der Waals surface area contributed by atoms with Gasteiger partial charge in [0, 0.05) is 18.4 Å². The van der Waals surface area contributed by atoms with Gasteiger partial charge in [-0.25, -0.2) is 10.1 Å². The van der Waals surface area contributed by atoms with E-state index < -0.39 is 5.91 Å². The molecule has 0 radical (unpaired) electrons. The van der Waals surface area contributed by atoms with Crippen LogP contribution in [-0.4, -0.2) is 58.8 Å². The predicted molar refractivity (Wildman–Crippen MR) is 117 cm³/mol. The van der Waals surface area contributed by atoms with E-state index >= 15 is 0 Å². The minimum absolute atomic E-state index is 0.00167. The molecular formula is C18H19N11O3S. The van der Waals surface area contributed by atoms with Crippen molar-refractivity contribution in [1.82, 2.24) is 45.5 Å². The van der Waals surface area contributed by atoms with Crippen molar-refractivity contribution in [2.75, 3.05) is 12.8 Å². The van der Waals surface area contributed by atoms with E-state index in [-0.39, 0.29) is 23.1 Å². The molecule has 0 unspecified atom stereocenters. The number of amides is 1. The maximum atomic E-state index is 13.0. The van der Waals surface area contributed by atoms with Gasteiger partial charge in [-0.15, -0.1) is 15.3 Å². The number of aromatic nitrogens is 8. The molecule has 0 aliphatic heterocycles. The number of nitrogen functional groups attached to an aromatic ring is 1. The van der Waals surface area contributed by atoms with Crippen molar-refractivity contribution >= 4 is 29.2 Å². The lowest BCUT2D eigenvalue weighted by Crippen LogP contribution is -2.21. The number of rotatable bonds is 8. The van der Waals surface area contributed by atoms with E-state index in [1.54, 1.807) is 38.0 Å². The summed E-state index contributed by atoms with van der Waals surface area (Å²) in [6, 6.07) is 7.34. The van der Waals surface area contributed by atoms with Crippen LogP contribution in [0.15, 0.2) is 45.5 Å².